The maximum atomic E-state index is 12.3. The number of amides is 2. The Balaban J connectivity index is 1.52. The topological polar surface area (TPSA) is 89.8 Å². The van der Waals surface area contributed by atoms with E-state index in [2.05, 4.69) is 10.6 Å². The molecule has 7 nitrogen and oxygen atoms in total. The summed E-state index contributed by atoms with van der Waals surface area (Å²) < 4.78 is 16.3. The molecule has 0 bridgehead atoms. The van der Waals surface area contributed by atoms with Gasteiger partial charge in [0.25, 0.3) is 5.91 Å². The van der Waals surface area contributed by atoms with Crippen LogP contribution in [0.2, 0.25) is 0 Å². The van der Waals surface area contributed by atoms with Crippen molar-refractivity contribution in [2.75, 3.05) is 13.7 Å². The van der Waals surface area contributed by atoms with E-state index >= 15 is 0 Å². The fraction of sp³-hybridized carbons (Fsp3) is 0.182. The van der Waals surface area contributed by atoms with Gasteiger partial charge in [0, 0.05) is 5.56 Å². The molecule has 29 heavy (non-hydrogen) atoms. The lowest BCUT2D eigenvalue weighted by Crippen LogP contribution is -2.36. The lowest BCUT2D eigenvalue weighted by molar-refractivity contribution is -0.120. The van der Waals surface area contributed by atoms with Gasteiger partial charge in [-0.05, 0) is 35.9 Å². The van der Waals surface area contributed by atoms with Crippen LogP contribution in [0.5, 0.6) is 11.5 Å². The highest BCUT2D eigenvalue weighted by Gasteiger charge is 2.13. The summed E-state index contributed by atoms with van der Waals surface area (Å²) in [6.07, 6.45) is 1.53. The van der Waals surface area contributed by atoms with E-state index in [1.54, 1.807) is 30.3 Å². The number of carbonyl (C=O) groups is 2. The van der Waals surface area contributed by atoms with Crippen molar-refractivity contribution in [3.63, 3.8) is 0 Å². The van der Waals surface area contributed by atoms with Crippen molar-refractivity contribution in [3.05, 3.63) is 83.8 Å². The Morgan fingerprint density at radius 3 is 2.52 bits per heavy atom. The Morgan fingerprint density at radius 1 is 0.966 bits per heavy atom. The van der Waals surface area contributed by atoms with Crippen LogP contribution in [0, 0.1) is 0 Å². The first-order valence-corrected chi connectivity index (χ1v) is 9.08. The average Bonchev–Trinajstić information content (AvgIpc) is 3.29. The van der Waals surface area contributed by atoms with Crippen LogP contribution in [0.3, 0.4) is 0 Å². The first kappa shape index (κ1) is 20.0. The van der Waals surface area contributed by atoms with Gasteiger partial charge in [-0.3, -0.25) is 9.59 Å². The van der Waals surface area contributed by atoms with Crippen molar-refractivity contribution >= 4 is 11.8 Å². The molecule has 2 N–H and O–H groups in total. The van der Waals surface area contributed by atoms with E-state index in [4.69, 9.17) is 13.9 Å². The summed E-state index contributed by atoms with van der Waals surface area (Å²) in [5.74, 6) is 0.913. The fourth-order valence-corrected chi connectivity index (χ4v) is 2.59. The van der Waals surface area contributed by atoms with Gasteiger partial charge in [-0.15, -0.1) is 0 Å². The van der Waals surface area contributed by atoms with E-state index in [0.29, 0.717) is 29.4 Å². The van der Waals surface area contributed by atoms with Crippen LogP contribution in [0.4, 0.5) is 0 Å². The Labute approximate surface area is 168 Å². The number of hydrogen-bond acceptors (Lipinski definition) is 5. The average molecular weight is 394 g/mol. The van der Waals surface area contributed by atoms with Gasteiger partial charge in [0.05, 0.1) is 26.5 Å². The van der Waals surface area contributed by atoms with Crippen molar-refractivity contribution in [1.82, 2.24) is 10.6 Å². The summed E-state index contributed by atoms with van der Waals surface area (Å²) in [6, 6.07) is 18.1. The molecule has 2 amide bonds. The molecule has 3 rings (SSSR count). The second-order valence-electron chi connectivity index (χ2n) is 6.18. The normalized spacial score (nSPS) is 10.2. The van der Waals surface area contributed by atoms with Gasteiger partial charge in [-0.1, -0.05) is 30.3 Å². The zero-order valence-corrected chi connectivity index (χ0v) is 16.0. The fourth-order valence-electron chi connectivity index (χ4n) is 2.59. The standard InChI is InChI=1S/C22H22N2O5/c1-27-20-12-17(9-10-19(20)29-15-16-6-3-2-4-7-16)22(26)24-14-21(25)23-13-18-8-5-11-28-18/h2-12H,13-15H2,1H3,(H,23,25)(H,24,26). The molecule has 3 aromatic rings. The molecule has 0 atom stereocenters. The minimum absolute atomic E-state index is 0.145. The lowest BCUT2D eigenvalue weighted by Gasteiger charge is -2.12. The predicted octanol–water partition coefficient (Wildman–Crippen LogP) is 2.91. The highest BCUT2D eigenvalue weighted by molar-refractivity contribution is 5.97. The zero-order chi connectivity index (χ0) is 20.5. The van der Waals surface area contributed by atoms with Crippen molar-refractivity contribution in [3.8, 4) is 11.5 Å². The van der Waals surface area contributed by atoms with Crippen molar-refractivity contribution in [1.29, 1.82) is 0 Å². The SMILES string of the molecule is COc1cc(C(=O)NCC(=O)NCc2ccco2)ccc1OCc1ccccc1. The summed E-state index contributed by atoms with van der Waals surface area (Å²) in [7, 11) is 1.51. The second kappa shape index (κ2) is 9.98. The third kappa shape index (κ3) is 5.87. The highest BCUT2D eigenvalue weighted by atomic mass is 16.5. The number of rotatable bonds is 9. The zero-order valence-electron chi connectivity index (χ0n) is 16.0. The molecular weight excluding hydrogens is 372 g/mol. The molecule has 150 valence electrons. The van der Waals surface area contributed by atoms with E-state index in [9.17, 15) is 9.59 Å². The van der Waals surface area contributed by atoms with Crippen molar-refractivity contribution in [2.45, 2.75) is 13.2 Å². The predicted molar refractivity (Wildman–Crippen MR) is 107 cm³/mol. The molecule has 0 aliphatic heterocycles. The van der Waals surface area contributed by atoms with Gasteiger partial charge in [0.15, 0.2) is 11.5 Å². The maximum absolute atomic E-state index is 12.3. The number of furan rings is 1. The third-order valence-corrected chi connectivity index (χ3v) is 4.11. The summed E-state index contributed by atoms with van der Waals surface area (Å²) in [5.41, 5.74) is 1.39. The first-order valence-electron chi connectivity index (χ1n) is 9.08. The molecule has 0 radical (unpaired) electrons. The molecule has 2 aromatic carbocycles. The molecule has 1 heterocycles. The molecule has 0 fully saturated rings. The van der Waals surface area contributed by atoms with Crippen LogP contribution in [-0.4, -0.2) is 25.5 Å². The number of carbonyl (C=O) groups excluding carboxylic acids is 2. The van der Waals surface area contributed by atoms with Gasteiger partial charge in [-0.2, -0.15) is 0 Å². The molecule has 0 saturated carbocycles. The number of ether oxygens (including phenoxy) is 2. The van der Waals surface area contributed by atoms with Crippen LogP contribution in [0.1, 0.15) is 21.7 Å². The van der Waals surface area contributed by atoms with Crippen molar-refractivity contribution < 1.29 is 23.5 Å². The minimum atomic E-state index is -0.383. The largest absolute Gasteiger partial charge is 0.493 e. The van der Waals surface area contributed by atoms with Crippen LogP contribution in [-0.2, 0) is 17.9 Å². The Kier molecular flexibility index (Phi) is 6.89. The van der Waals surface area contributed by atoms with E-state index < -0.39 is 0 Å². The van der Waals surface area contributed by atoms with Crippen molar-refractivity contribution in [2.24, 2.45) is 0 Å². The van der Waals surface area contributed by atoms with Crippen LogP contribution < -0.4 is 20.1 Å². The minimum Gasteiger partial charge on any atom is -0.493 e. The van der Waals surface area contributed by atoms with Crippen LogP contribution in [0.25, 0.3) is 0 Å². The second-order valence-corrected chi connectivity index (χ2v) is 6.18. The Hall–Kier alpha value is -3.74. The monoisotopic (exact) mass is 394 g/mol. The summed E-state index contributed by atoms with van der Waals surface area (Å²) in [4.78, 5) is 24.2. The molecule has 0 saturated heterocycles. The smallest absolute Gasteiger partial charge is 0.251 e. The molecule has 0 aliphatic carbocycles. The van der Waals surface area contributed by atoms with E-state index in [0.717, 1.165) is 5.56 Å². The first-order chi connectivity index (χ1) is 14.2. The quantitative estimate of drug-likeness (QED) is 0.582. The third-order valence-electron chi connectivity index (χ3n) is 4.11. The number of methoxy groups -OCH3 is 1. The number of nitrogens with one attached hydrogen (secondary N) is 2. The van der Waals surface area contributed by atoms with Gasteiger partial charge < -0.3 is 24.5 Å². The highest BCUT2D eigenvalue weighted by Crippen LogP contribution is 2.28. The Bertz CT molecular complexity index is 939. The van der Waals surface area contributed by atoms with Gasteiger partial charge in [-0.25, -0.2) is 0 Å². The van der Waals surface area contributed by atoms with Crippen LogP contribution in [0.15, 0.2) is 71.3 Å². The molecular formula is C22H22N2O5. The number of hydrogen-bond donors (Lipinski definition) is 2. The summed E-state index contributed by atoms with van der Waals surface area (Å²) >= 11 is 0. The molecule has 1 aromatic heterocycles. The van der Waals surface area contributed by atoms with Gasteiger partial charge in [0.2, 0.25) is 5.91 Å². The molecule has 0 spiro atoms. The van der Waals surface area contributed by atoms with Gasteiger partial charge in [0.1, 0.15) is 12.4 Å². The van der Waals surface area contributed by atoms with E-state index in [1.165, 1.54) is 13.4 Å². The Morgan fingerprint density at radius 2 is 1.79 bits per heavy atom. The van der Waals surface area contributed by atoms with E-state index in [1.807, 2.05) is 30.3 Å². The number of benzene rings is 2. The molecule has 7 heteroatoms. The molecule has 0 unspecified atom stereocenters. The van der Waals surface area contributed by atoms with E-state index in [-0.39, 0.29) is 24.9 Å². The van der Waals surface area contributed by atoms with Crippen LogP contribution >= 0.6 is 0 Å². The van der Waals surface area contributed by atoms with Gasteiger partial charge >= 0.3 is 0 Å². The molecule has 0 aliphatic rings. The maximum Gasteiger partial charge on any atom is 0.251 e. The lowest BCUT2D eigenvalue weighted by atomic mass is 10.2. The summed E-state index contributed by atoms with van der Waals surface area (Å²) in [5, 5.41) is 5.24. The summed E-state index contributed by atoms with van der Waals surface area (Å²) in [6.45, 7) is 0.510.